The number of aryl methyl sites for hydroxylation is 1. The maximum Gasteiger partial charge on any atom is 0.338 e. The highest BCUT2D eigenvalue weighted by molar-refractivity contribution is 5.93. The summed E-state index contributed by atoms with van der Waals surface area (Å²) in [6.45, 7) is 2.08. The van der Waals surface area contributed by atoms with Gasteiger partial charge in [0.1, 0.15) is 11.3 Å². The molecular formula is C24H22N4O3. The molecule has 0 unspecified atom stereocenters. The largest absolute Gasteiger partial charge is 0.462 e. The van der Waals surface area contributed by atoms with Gasteiger partial charge in [0.2, 0.25) is 5.91 Å². The van der Waals surface area contributed by atoms with Gasteiger partial charge in [0.15, 0.2) is 5.65 Å². The fraction of sp³-hybridized carbons (Fsp3) is 0.167. The first-order valence-corrected chi connectivity index (χ1v) is 10.1. The molecule has 0 spiro atoms. The number of esters is 1. The van der Waals surface area contributed by atoms with Crippen molar-refractivity contribution < 1.29 is 14.3 Å². The first kappa shape index (κ1) is 20.3. The molecule has 1 N–H and O–H groups in total. The molecule has 2 aromatic carbocycles. The van der Waals surface area contributed by atoms with E-state index in [0.717, 1.165) is 22.7 Å². The van der Waals surface area contributed by atoms with Crippen LogP contribution in [-0.2, 0) is 16.0 Å². The van der Waals surface area contributed by atoms with Gasteiger partial charge in [0, 0.05) is 30.4 Å². The summed E-state index contributed by atoms with van der Waals surface area (Å²) < 4.78 is 6.95. The number of amides is 1. The van der Waals surface area contributed by atoms with Crippen molar-refractivity contribution in [3.8, 4) is 5.69 Å². The second-order valence-electron chi connectivity index (χ2n) is 6.89. The normalized spacial score (nSPS) is 10.7. The summed E-state index contributed by atoms with van der Waals surface area (Å²) >= 11 is 0. The number of aromatic nitrogens is 3. The van der Waals surface area contributed by atoms with E-state index in [9.17, 15) is 9.59 Å². The molecule has 2 aromatic heterocycles. The van der Waals surface area contributed by atoms with E-state index in [0.29, 0.717) is 24.3 Å². The van der Waals surface area contributed by atoms with Gasteiger partial charge >= 0.3 is 5.97 Å². The minimum Gasteiger partial charge on any atom is -0.462 e. The molecule has 4 rings (SSSR count). The lowest BCUT2D eigenvalue weighted by molar-refractivity contribution is -0.116. The molecule has 0 saturated heterocycles. The number of rotatable bonds is 7. The van der Waals surface area contributed by atoms with Gasteiger partial charge in [0.25, 0.3) is 0 Å². The van der Waals surface area contributed by atoms with E-state index in [2.05, 4.69) is 15.3 Å². The highest BCUT2D eigenvalue weighted by Gasteiger charge is 2.15. The second-order valence-corrected chi connectivity index (χ2v) is 6.89. The van der Waals surface area contributed by atoms with E-state index >= 15 is 0 Å². The number of imidazole rings is 1. The molecule has 0 radical (unpaired) electrons. The third-order valence-corrected chi connectivity index (χ3v) is 4.76. The topological polar surface area (TPSA) is 86.1 Å². The summed E-state index contributed by atoms with van der Waals surface area (Å²) in [6.07, 6.45) is 2.45. The van der Waals surface area contributed by atoms with Gasteiger partial charge in [-0.25, -0.2) is 14.8 Å². The van der Waals surface area contributed by atoms with Crippen LogP contribution in [0.1, 0.15) is 29.5 Å². The molecule has 0 atom stereocenters. The summed E-state index contributed by atoms with van der Waals surface area (Å²) in [7, 11) is 0. The van der Waals surface area contributed by atoms with Crippen LogP contribution in [0.4, 0.5) is 5.69 Å². The number of carbonyl (C=O) groups excluding carboxylic acids is 2. The fourth-order valence-electron chi connectivity index (χ4n) is 3.33. The molecule has 7 heteroatoms. The summed E-state index contributed by atoms with van der Waals surface area (Å²) in [4.78, 5) is 33.4. The zero-order chi connectivity index (χ0) is 21.6. The average molecular weight is 414 g/mol. The molecule has 0 bridgehead atoms. The van der Waals surface area contributed by atoms with E-state index in [1.807, 2.05) is 47.0 Å². The summed E-state index contributed by atoms with van der Waals surface area (Å²) in [5.41, 5.74) is 3.57. The molecule has 4 aromatic rings. The van der Waals surface area contributed by atoms with Crippen molar-refractivity contribution in [2.75, 3.05) is 11.9 Å². The lowest BCUT2D eigenvalue weighted by atomic mass is 10.2. The van der Waals surface area contributed by atoms with E-state index in [-0.39, 0.29) is 18.3 Å². The molecule has 7 nitrogen and oxygen atoms in total. The Labute approximate surface area is 179 Å². The average Bonchev–Trinajstić information content (AvgIpc) is 3.17. The van der Waals surface area contributed by atoms with Crippen LogP contribution in [0.25, 0.3) is 16.9 Å². The standard InChI is InChI=1S/C24H22N4O3/c1-2-31-24(30)17-10-12-18(13-11-17)26-22(29)15-14-21-27-20-9-6-16-25-23(20)28(21)19-7-4-3-5-8-19/h3-13,16H,2,14-15H2,1H3,(H,26,29). The van der Waals surface area contributed by atoms with Crippen molar-refractivity contribution in [2.45, 2.75) is 19.8 Å². The summed E-state index contributed by atoms with van der Waals surface area (Å²) in [5.74, 6) is 0.255. The van der Waals surface area contributed by atoms with Gasteiger partial charge in [0.05, 0.1) is 12.2 Å². The number of hydrogen-bond donors (Lipinski definition) is 1. The maximum absolute atomic E-state index is 12.5. The molecule has 31 heavy (non-hydrogen) atoms. The molecule has 0 saturated carbocycles. The monoisotopic (exact) mass is 414 g/mol. The molecule has 0 fully saturated rings. The Hall–Kier alpha value is -4.00. The highest BCUT2D eigenvalue weighted by atomic mass is 16.5. The second kappa shape index (κ2) is 9.21. The highest BCUT2D eigenvalue weighted by Crippen LogP contribution is 2.21. The van der Waals surface area contributed by atoms with Gasteiger partial charge in [-0.3, -0.25) is 9.36 Å². The van der Waals surface area contributed by atoms with Gasteiger partial charge < -0.3 is 10.1 Å². The Balaban J connectivity index is 1.47. The summed E-state index contributed by atoms with van der Waals surface area (Å²) in [6, 6.07) is 20.3. The van der Waals surface area contributed by atoms with Gasteiger partial charge in [-0.1, -0.05) is 18.2 Å². The predicted octanol–water partition coefficient (Wildman–Crippen LogP) is 4.17. The number of nitrogens with zero attached hydrogens (tertiary/aromatic N) is 3. The Morgan fingerprint density at radius 2 is 1.77 bits per heavy atom. The Morgan fingerprint density at radius 3 is 2.52 bits per heavy atom. The molecule has 156 valence electrons. The molecule has 0 aliphatic heterocycles. The van der Waals surface area contributed by atoms with Crippen LogP contribution in [0.3, 0.4) is 0 Å². The van der Waals surface area contributed by atoms with E-state index in [1.165, 1.54) is 0 Å². The van der Waals surface area contributed by atoms with Crippen molar-refractivity contribution in [2.24, 2.45) is 0 Å². The van der Waals surface area contributed by atoms with Crippen LogP contribution < -0.4 is 5.32 Å². The van der Waals surface area contributed by atoms with Gasteiger partial charge in [-0.15, -0.1) is 0 Å². The van der Waals surface area contributed by atoms with E-state index < -0.39 is 0 Å². The predicted molar refractivity (Wildman–Crippen MR) is 118 cm³/mol. The Morgan fingerprint density at radius 1 is 1.00 bits per heavy atom. The van der Waals surface area contributed by atoms with E-state index in [1.54, 1.807) is 37.4 Å². The van der Waals surface area contributed by atoms with Crippen LogP contribution in [0.15, 0.2) is 72.9 Å². The third kappa shape index (κ3) is 4.61. The first-order chi connectivity index (χ1) is 15.2. The van der Waals surface area contributed by atoms with Crippen molar-refractivity contribution in [3.05, 3.63) is 84.3 Å². The van der Waals surface area contributed by atoms with Crippen LogP contribution in [0, 0.1) is 0 Å². The van der Waals surface area contributed by atoms with Crippen molar-refractivity contribution in [1.29, 1.82) is 0 Å². The van der Waals surface area contributed by atoms with Crippen LogP contribution >= 0.6 is 0 Å². The van der Waals surface area contributed by atoms with Crippen molar-refractivity contribution >= 4 is 28.7 Å². The quantitative estimate of drug-likeness (QED) is 0.459. The SMILES string of the molecule is CCOC(=O)c1ccc(NC(=O)CCc2nc3cccnc3n2-c2ccccc2)cc1. The number of anilines is 1. The zero-order valence-electron chi connectivity index (χ0n) is 17.1. The first-order valence-electron chi connectivity index (χ1n) is 10.1. The van der Waals surface area contributed by atoms with Gasteiger partial charge in [-0.05, 0) is 55.5 Å². The van der Waals surface area contributed by atoms with Crippen LogP contribution in [0.5, 0.6) is 0 Å². The number of para-hydroxylation sites is 1. The molecule has 0 aliphatic rings. The smallest absolute Gasteiger partial charge is 0.338 e. The van der Waals surface area contributed by atoms with Gasteiger partial charge in [-0.2, -0.15) is 0 Å². The number of ether oxygens (including phenoxy) is 1. The third-order valence-electron chi connectivity index (χ3n) is 4.76. The number of carbonyl (C=O) groups is 2. The van der Waals surface area contributed by atoms with Crippen molar-refractivity contribution in [3.63, 3.8) is 0 Å². The van der Waals surface area contributed by atoms with Crippen LogP contribution in [-0.4, -0.2) is 33.0 Å². The number of fused-ring (bicyclic) bond motifs is 1. The fourth-order valence-corrected chi connectivity index (χ4v) is 3.33. The summed E-state index contributed by atoms with van der Waals surface area (Å²) in [5, 5.41) is 2.86. The molecule has 0 aliphatic carbocycles. The number of nitrogens with one attached hydrogen (secondary N) is 1. The minimum atomic E-state index is -0.381. The Kier molecular flexibility index (Phi) is 6.03. The van der Waals surface area contributed by atoms with E-state index in [4.69, 9.17) is 4.74 Å². The lowest BCUT2D eigenvalue weighted by Gasteiger charge is -2.09. The zero-order valence-corrected chi connectivity index (χ0v) is 17.1. The van der Waals surface area contributed by atoms with Crippen molar-refractivity contribution in [1.82, 2.24) is 14.5 Å². The molecule has 2 heterocycles. The van der Waals surface area contributed by atoms with Crippen LogP contribution in [0.2, 0.25) is 0 Å². The molecule has 1 amide bonds. The molecular weight excluding hydrogens is 392 g/mol. The number of benzene rings is 2. The number of pyridine rings is 1. The lowest BCUT2D eigenvalue weighted by Crippen LogP contribution is -2.14. The maximum atomic E-state index is 12.5. The Bertz CT molecular complexity index is 1200. The number of hydrogen-bond acceptors (Lipinski definition) is 5. The minimum absolute atomic E-state index is 0.136.